The van der Waals surface area contributed by atoms with Gasteiger partial charge in [0.1, 0.15) is 11.5 Å². The zero-order valence-electron chi connectivity index (χ0n) is 13.1. The van der Waals surface area contributed by atoms with E-state index in [1.54, 1.807) is 14.2 Å². The Bertz CT molecular complexity index is 622. The summed E-state index contributed by atoms with van der Waals surface area (Å²) < 4.78 is 10.4. The van der Waals surface area contributed by atoms with Crippen LogP contribution >= 0.6 is 0 Å². The predicted octanol–water partition coefficient (Wildman–Crippen LogP) is 3.12. The summed E-state index contributed by atoms with van der Waals surface area (Å²) in [6.07, 6.45) is 0.337. The van der Waals surface area contributed by atoms with Crippen molar-refractivity contribution >= 4 is 5.91 Å². The molecule has 0 aliphatic rings. The van der Waals surface area contributed by atoms with E-state index in [-0.39, 0.29) is 11.9 Å². The Morgan fingerprint density at radius 2 is 1.73 bits per heavy atom. The fourth-order valence-corrected chi connectivity index (χ4v) is 2.32. The highest BCUT2D eigenvalue weighted by Gasteiger charge is 2.13. The molecular formula is C18H21NO3. The molecule has 0 spiro atoms. The lowest BCUT2D eigenvalue weighted by Gasteiger charge is -2.17. The molecule has 22 heavy (non-hydrogen) atoms. The number of nitrogens with one attached hydrogen (secondary N) is 1. The Morgan fingerprint density at radius 3 is 2.36 bits per heavy atom. The largest absolute Gasteiger partial charge is 0.497 e. The van der Waals surface area contributed by atoms with Crippen molar-refractivity contribution in [3.8, 4) is 11.5 Å². The summed E-state index contributed by atoms with van der Waals surface area (Å²) in [7, 11) is 3.25. The minimum atomic E-state index is -0.109. The molecule has 1 amide bonds. The molecular weight excluding hydrogens is 278 g/mol. The number of carbonyl (C=O) groups excluding carboxylic acids is 1. The normalized spacial score (nSPS) is 11.6. The van der Waals surface area contributed by atoms with Crippen molar-refractivity contribution in [3.05, 3.63) is 59.7 Å². The number of hydrogen-bond donors (Lipinski definition) is 1. The minimum Gasteiger partial charge on any atom is -0.497 e. The summed E-state index contributed by atoms with van der Waals surface area (Å²) in [6, 6.07) is 15.1. The van der Waals surface area contributed by atoms with Gasteiger partial charge in [-0.2, -0.15) is 0 Å². The van der Waals surface area contributed by atoms with Gasteiger partial charge in [-0.25, -0.2) is 0 Å². The van der Waals surface area contributed by atoms with Crippen molar-refractivity contribution in [2.45, 2.75) is 19.4 Å². The number of benzene rings is 2. The van der Waals surface area contributed by atoms with E-state index in [4.69, 9.17) is 9.47 Å². The third kappa shape index (κ3) is 4.01. The third-order valence-corrected chi connectivity index (χ3v) is 3.51. The highest BCUT2D eigenvalue weighted by Crippen LogP contribution is 2.24. The fraction of sp³-hybridized carbons (Fsp3) is 0.278. The van der Waals surface area contributed by atoms with Crippen LogP contribution in [-0.2, 0) is 11.2 Å². The molecule has 0 saturated carbocycles. The van der Waals surface area contributed by atoms with Crippen LogP contribution < -0.4 is 14.8 Å². The van der Waals surface area contributed by atoms with Gasteiger partial charge in [0, 0.05) is 5.56 Å². The van der Waals surface area contributed by atoms with Crippen LogP contribution in [-0.4, -0.2) is 20.1 Å². The highest BCUT2D eigenvalue weighted by molar-refractivity contribution is 5.79. The summed E-state index contributed by atoms with van der Waals surface area (Å²) in [5.41, 5.74) is 1.92. The Balaban J connectivity index is 1.98. The zero-order chi connectivity index (χ0) is 15.9. The lowest BCUT2D eigenvalue weighted by atomic mass is 10.1. The molecule has 0 bridgehead atoms. The Morgan fingerprint density at radius 1 is 1.05 bits per heavy atom. The SMILES string of the molecule is COc1ccc(CC(=O)N[C@H](C)c2ccccc2OC)cc1. The van der Waals surface area contributed by atoms with Crippen LogP contribution in [0.1, 0.15) is 24.1 Å². The predicted molar refractivity (Wildman–Crippen MR) is 86.2 cm³/mol. The van der Waals surface area contributed by atoms with Gasteiger partial charge in [-0.05, 0) is 30.7 Å². The maximum Gasteiger partial charge on any atom is 0.224 e. The van der Waals surface area contributed by atoms with E-state index in [0.717, 1.165) is 22.6 Å². The van der Waals surface area contributed by atoms with Gasteiger partial charge in [0.2, 0.25) is 5.91 Å². The molecule has 0 radical (unpaired) electrons. The summed E-state index contributed by atoms with van der Waals surface area (Å²) in [5.74, 6) is 1.54. The number of carbonyl (C=O) groups is 1. The van der Waals surface area contributed by atoms with Gasteiger partial charge in [-0.3, -0.25) is 4.79 Å². The molecule has 2 aromatic carbocycles. The zero-order valence-corrected chi connectivity index (χ0v) is 13.1. The topological polar surface area (TPSA) is 47.6 Å². The van der Waals surface area contributed by atoms with Crippen molar-refractivity contribution in [1.82, 2.24) is 5.32 Å². The maximum absolute atomic E-state index is 12.2. The Kier molecular flexibility index (Phi) is 5.42. The standard InChI is InChI=1S/C18H21NO3/c1-13(16-6-4-5-7-17(16)22-3)19-18(20)12-14-8-10-15(21-2)11-9-14/h4-11,13H,12H2,1-3H3,(H,19,20)/t13-/m1/s1. The molecule has 0 fully saturated rings. The van der Waals surface area contributed by atoms with Crippen LogP contribution in [0.25, 0.3) is 0 Å². The fourth-order valence-electron chi connectivity index (χ4n) is 2.32. The van der Waals surface area contributed by atoms with Gasteiger partial charge >= 0.3 is 0 Å². The van der Waals surface area contributed by atoms with E-state index < -0.39 is 0 Å². The molecule has 1 atom stereocenters. The van der Waals surface area contributed by atoms with E-state index in [2.05, 4.69) is 5.32 Å². The van der Waals surface area contributed by atoms with Crippen LogP contribution in [0.15, 0.2) is 48.5 Å². The van der Waals surface area contributed by atoms with E-state index in [1.807, 2.05) is 55.5 Å². The van der Waals surface area contributed by atoms with Gasteiger partial charge in [0.15, 0.2) is 0 Å². The first-order valence-electron chi connectivity index (χ1n) is 7.19. The molecule has 0 aromatic heterocycles. The number of amides is 1. The lowest BCUT2D eigenvalue weighted by molar-refractivity contribution is -0.121. The minimum absolute atomic E-state index is 0.0245. The molecule has 0 unspecified atom stereocenters. The Labute approximate surface area is 131 Å². The highest BCUT2D eigenvalue weighted by atomic mass is 16.5. The first-order valence-corrected chi connectivity index (χ1v) is 7.19. The average molecular weight is 299 g/mol. The monoisotopic (exact) mass is 299 g/mol. The molecule has 0 heterocycles. The van der Waals surface area contributed by atoms with Crippen molar-refractivity contribution < 1.29 is 14.3 Å². The molecule has 0 saturated heterocycles. The summed E-state index contributed by atoms with van der Waals surface area (Å²) in [6.45, 7) is 1.95. The Hall–Kier alpha value is -2.49. The smallest absolute Gasteiger partial charge is 0.224 e. The molecule has 4 nitrogen and oxygen atoms in total. The second kappa shape index (κ2) is 7.50. The van der Waals surface area contributed by atoms with Gasteiger partial charge in [-0.15, -0.1) is 0 Å². The molecule has 2 rings (SSSR count). The van der Waals surface area contributed by atoms with Crippen LogP contribution in [0, 0.1) is 0 Å². The summed E-state index contributed by atoms with van der Waals surface area (Å²) in [5, 5.41) is 3.00. The molecule has 2 aromatic rings. The first kappa shape index (κ1) is 15.9. The van der Waals surface area contributed by atoms with Crippen LogP contribution in [0.3, 0.4) is 0 Å². The maximum atomic E-state index is 12.2. The summed E-state index contributed by atoms with van der Waals surface area (Å²) in [4.78, 5) is 12.2. The van der Waals surface area contributed by atoms with Crippen molar-refractivity contribution in [3.63, 3.8) is 0 Å². The first-order chi connectivity index (χ1) is 10.6. The number of rotatable bonds is 6. The van der Waals surface area contributed by atoms with E-state index in [9.17, 15) is 4.79 Å². The number of hydrogen-bond acceptors (Lipinski definition) is 3. The lowest BCUT2D eigenvalue weighted by Crippen LogP contribution is -2.28. The van der Waals surface area contributed by atoms with Crippen molar-refractivity contribution in [2.24, 2.45) is 0 Å². The molecule has 1 N–H and O–H groups in total. The molecule has 0 aliphatic heterocycles. The van der Waals surface area contributed by atoms with Crippen LogP contribution in [0.4, 0.5) is 0 Å². The van der Waals surface area contributed by atoms with E-state index >= 15 is 0 Å². The van der Waals surface area contributed by atoms with Crippen molar-refractivity contribution in [1.29, 1.82) is 0 Å². The second-order valence-electron chi connectivity index (χ2n) is 5.06. The van der Waals surface area contributed by atoms with Gasteiger partial charge < -0.3 is 14.8 Å². The van der Waals surface area contributed by atoms with Gasteiger partial charge in [0.05, 0.1) is 26.7 Å². The number of para-hydroxylation sites is 1. The van der Waals surface area contributed by atoms with Crippen LogP contribution in [0.2, 0.25) is 0 Å². The van der Waals surface area contributed by atoms with E-state index in [1.165, 1.54) is 0 Å². The molecule has 0 aliphatic carbocycles. The average Bonchev–Trinajstić information content (AvgIpc) is 2.55. The third-order valence-electron chi connectivity index (χ3n) is 3.51. The van der Waals surface area contributed by atoms with Gasteiger partial charge in [-0.1, -0.05) is 30.3 Å². The second-order valence-corrected chi connectivity index (χ2v) is 5.06. The summed E-state index contributed by atoms with van der Waals surface area (Å²) >= 11 is 0. The van der Waals surface area contributed by atoms with E-state index in [0.29, 0.717) is 6.42 Å². The quantitative estimate of drug-likeness (QED) is 0.891. The molecule has 4 heteroatoms. The number of ether oxygens (including phenoxy) is 2. The van der Waals surface area contributed by atoms with Crippen LogP contribution in [0.5, 0.6) is 11.5 Å². The number of methoxy groups -OCH3 is 2. The van der Waals surface area contributed by atoms with Gasteiger partial charge in [0.25, 0.3) is 0 Å². The molecule has 116 valence electrons. The van der Waals surface area contributed by atoms with Crippen molar-refractivity contribution in [2.75, 3.05) is 14.2 Å².